The van der Waals surface area contributed by atoms with Gasteiger partial charge in [0.15, 0.2) is 0 Å². The van der Waals surface area contributed by atoms with Gasteiger partial charge >= 0.3 is 0 Å². The fraction of sp³-hybridized carbons (Fsp3) is 0.778. The summed E-state index contributed by atoms with van der Waals surface area (Å²) in [5.74, 6) is 4.92. The van der Waals surface area contributed by atoms with Crippen LogP contribution in [0.1, 0.15) is 89.9 Å². The van der Waals surface area contributed by atoms with Crippen molar-refractivity contribution in [2.75, 3.05) is 6.61 Å². The summed E-state index contributed by atoms with van der Waals surface area (Å²) in [6.45, 7) is 8.31. The summed E-state index contributed by atoms with van der Waals surface area (Å²) in [6.07, 6.45) is 28.9. The minimum atomic E-state index is 0.506. The van der Waals surface area contributed by atoms with Crippen LogP contribution in [0.25, 0.3) is 0 Å². The first-order valence-electron chi connectivity index (χ1n) is 12.3. The molecule has 0 N–H and O–H groups in total. The molecule has 0 saturated heterocycles. The zero-order valence-corrected chi connectivity index (χ0v) is 18.2. The Labute approximate surface area is 174 Å². The van der Waals surface area contributed by atoms with E-state index in [0.29, 0.717) is 6.10 Å². The summed E-state index contributed by atoms with van der Waals surface area (Å²) >= 11 is 0. The minimum Gasteiger partial charge on any atom is -0.374 e. The van der Waals surface area contributed by atoms with E-state index >= 15 is 0 Å². The molecule has 0 unspecified atom stereocenters. The molecule has 0 radical (unpaired) electrons. The van der Waals surface area contributed by atoms with E-state index in [1.54, 1.807) is 0 Å². The predicted molar refractivity (Wildman–Crippen MR) is 121 cm³/mol. The van der Waals surface area contributed by atoms with Gasteiger partial charge in [-0.2, -0.15) is 0 Å². The highest BCUT2D eigenvalue weighted by Gasteiger charge is 2.34. The molecule has 0 aromatic carbocycles. The fourth-order valence-corrected chi connectivity index (χ4v) is 6.33. The first-order valence-corrected chi connectivity index (χ1v) is 12.3. The Morgan fingerprint density at radius 2 is 1.11 bits per heavy atom. The van der Waals surface area contributed by atoms with Gasteiger partial charge in [-0.05, 0) is 119 Å². The second kappa shape index (κ2) is 12.0. The number of allylic oxidation sites excluding steroid dienone is 3. The summed E-state index contributed by atoms with van der Waals surface area (Å²) in [6, 6.07) is 0. The van der Waals surface area contributed by atoms with Crippen LogP contribution in [-0.2, 0) is 4.74 Å². The van der Waals surface area contributed by atoms with E-state index in [9.17, 15) is 0 Å². The van der Waals surface area contributed by atoms with Crippen molar-refractivity contribution in [3.63, 3.8) is 0 Å². The molecular weight excluding hydrogens is 340 g/mol. The lowest BCUT2D eigenvalue weighted by molar-refractivity contribution is 0.0190. The van der Waals surface area contributed by atoms with Gasteiger partial charge in [-0.1, -0.05) is 24.3 Å². The molecule has 0 atom stereocenters. The Morgan fingerprint density at radius 1 is 0.607 bits per heavy atom. The number of unbranched alkanes of at least 4 members (excludes halogenated alkanes) is 1. The van der Waals surface area contributed by atoms with E-state index in [0.717, 1.165) is 42.6 Å². The molecule has 3 rings (SSSR count). The lowest BCUT2D eigenvalue weighted by Crippen LogP contribution is -2.31. The summed E-state index contributed by atoms with van der Waals surface area (Å²) in [4.78, 5) is 0. The molecule has 28 heavy (non-hydrogen) atoms. The van der Waals surface area contributed by atoms with Crippen LogP contribution in [0.2, 0.25) is 0 Å². The maximum absolute atomic E-state index is 5.88. The quantitative estimate of drug-likeness (QED) is 0.290. The van der Waals surface area contributed by atoms with Crippen LogP contribution >= 0.6 is 0 Å². The summed E-state index contributed by atoms with van der Waals surface area (Å²) in [7, 11) is 0. The van der Waals surface area contributed by atoms with Gasteiger partial charge in [0.05, 0.1) is 12.7 Å². The Bertz CT molecular complexity index is 468. The van der Waals surface area contributed by atoms with E-state index in [-0.39, 0.29) is 0 Å². The molecule has 158 valence electrons. The third kappa shape index (κ3) is 6.61. The van der Waals surface area contributed by atoms with Gasteiger partial charge in [0.1, 0.15) is 0 Å². The van der Waals surface area contributed by atoms with E-state index in [2.05, 4.69) is 25.3 Å². The molecule has 0 aromatic rings. The average molecular weight is 385 g/mol. The molecule has 3 aliphatic carbocycles. The third-order valence-corrected chi connectivity index (χ3v) is 8.08. The average Bonchev–Trinajstić information content (AvgIpc) is 2.76. The number of rotatable bonds is 9. The van der Waals surface area contributed by atoms with Crippen molar-refractivity contribution >= 4 is 0 Å². The lowest BCUT2D eigenvalue weighted by atomic mass is 9.65. The number of hydrogen-bond acceptors (Lipinski definition) is 1. The maximum atomic E-state index is 5.88. The maximum Gasteiger partial charge on any atom is 0.0648 e. The van der Waals surface area contributed by atoms with E-state index in [4.69, 9.17) is 4.74 Å². The van der Waals surface area contributed by atoms with Crippen molar-refractivity contribution in [3.8, 4) is 0 Å². The first kappa shape index (κ1) is 21.9. The van der Waals surface area contributed by atoms with Gasteiger partial charge in [0, 0.05) is 0 Å². The summed E-state index contributed by atoms with van der Waals surface area (Å²) < 4.78 is 5.88. The highest BCUT2D eigenvalue weighted by Crippen LogP contribution is 2.45. The Balaban J connectivity index is 1.32. The van der Waals surface area contributed by atoms with Crippen LogP contribution in [0.4, 0.5) is 0 Å². The van der Waals surface area contributed by atoms with Crippen LogP contribution in [-0.4, -0.2) is 12.7 Å². The smallest absolute Gasteiger partial charge is 0.0648 e. The monoisotopic (exact) mass is 384 g/mol. The molecule has 0 amide bonds. The topological polar surface area (TPSA) is 9.23 Å². The third-order valence-electron chi connectivity index (χ3n) is 8.08. The Morgan fingerprint density at radius 3 is 1.61 bits per heavy atom. The van der Waals surface area contributed by atoms with Crippen molar-refractivity contribution in [1.82, 2.24) is 0 Å². The highest BCUT2D eigenvalue weighted by molar-refractivity contribution is 4.93. The van der Waals surface area contributed by atoms with Gasteiger partial charge < -0.3 is 4.74 Å². The molecule has 3 aliphatic rings. The fourth-order valence-electron chi connectivity index (χ4n) is 6.33. The highest BCUT2D eigenvalue weighted by atomic mass is 16.5. The van der Waals surface area contributed by atoms with Crippen LogP contribution in [0.15, 0.2) is 37.5 Å². The van der Waals surface area contributed by atoms with Crippen molar-refractivity contribution in [3.05, 3.63) is 37.5 Å². The summed E-state index contributed by atoms with van der Waals surface area (Å²) in [5.41, 5.74) is 0. The molecule has 0 heterocycles. The van der Waals surface area contributed by atoms with Gasteiger partial charge in [0.25, 0.3) is 0 Å². The Hall–Kier alpha value is -0.820. The van der Waals surface area contributed by atoms with Crippen LogP contribution in [0, 0.1) is 29.6 Å². The molecule has 0 aliphatic heterocycles. The molecule has 0 spiro atoms. The largest absolute Gasteiger partial charge is 0.374 e. The molecule has 0 aromatic heterocycles. The van der Waals surface area contributed by atoms with Crippen molar-refractivity contribution in [2.24, 2.45) is 29.6 Å². The lowest BCUT2D eigenvalue weighted by Gasteiger charge is -2.41. The summed E-state index contributed by atoms with van der Waals surface area (Å²) in [5, 5.41) is 0. The van der Waals surface area contributed by atoms with E-state index in [1.807, 2.05) is 12.2 Å². The SMILES string of the molecule is C=CCC/C=C/C1CCC(C2CCC(C3CCC(OCC=C)CC3)CC2)CC1. The standard InChI is InChI=1S/C27H44O/c1-3-5-6-7-8-22-9-11-23(12-10-22)24-13-15-25(16-14-24)26-17-19-27(20-18-26)28-21-4-2/h3-4,7-8,22-27H,1-2,5-6,9-21H2/b8-7+. The molecule has 1 nitrogen and oxygen atoms in total. The second-order valence-corrected chi connectivity index (χ2v) is 9.80. The van der Waals surface area contributed by atoms with Gasteiger partial charge in [-0.15, -0.1) is 13.2 Å². The first-order chi connectivity index (χ1) is 13.8. The molecule has 3 fully saturated rings. The van der Waals surface area contributed by atoms with Crippen molar-refractivity contribution in [2.45, 2.75) is 96.0 Å². The minimum absolute atomic E-state index is 0.506. The van der Waals surface area contributed by atoms with Crippen LogP contribution in [0.3, 0.4) is 0 Å². The molecule has 3 saturated carbocycles. The number of hydrogen-bond donors (Lipinski definition) is 0. The molecule has 0 bridgehead atoms. The van der Waals surface area contributed by atoms with E-state index < -0.39 is 0 Å². The molecule has 1 heteroatoms. The van der Waals surface area contributed by atoms with Crippen LogP contribution < -0.4 is 0 Å². The van der Waals surface area contributed by atoms with E-state index in [1.165, 1.54) is 83.5 Å². The van der Waals surface area contributed by atoms with Crippen molar-refractivity contribution < 1.29 is 4.74 Å². The normalized spacial score (nSPS) is 37.0. The zero-order valence-electron chi connectivity index (χ0n) is 18.2. The van der Waals surface area contributed by atoms with Gasteiger partial charge in [-0.3, -0.25) is 0 Å². The van der Waals surface area contributed by atoms with Gasteiger partial charge in [-0.25, -0.2) is 0 Å². The predicted octanol–water partition coefficient (Wildman–Crippen LogP) is 7.88. The molecular formula is C27H44O. The Kier molecular flexibility index (Phi) is 9.38. The second-order valence-electron chi connectivity index (χ2n) is 9.80. The number of ether oxygens (including phenoxy) is 1. The van der Waals surface area contributed by atoms with Crippen molar-refractivity contribution in [1.29, 1.82) is 0 Å². The van der Waals surface area contributed by atoms with Gasteiger partial charge in [0.2, 0.25) is 0 Å². The van der Waals surface area contributed by atoms with Crippen LogP contribution in [0.5, 0.6) is 0 Å². The zero-order chi connectivity index (χ0) is 19.6.